The van der Waals surface area contributed by atoms with Crippen LogP contribution in [0.3, 0.4) is 0 Å². The van der Waals surface area contributed by atoms with Crippen molar-refractivity contribution in [3.05, 3.63) is 59.7 Å². The lowest BCUT2D eigenvalue weighted by atomic mass is 10.1. The third kappa shape index (κ3) is 2.08. The molecule has 5 heteroatoms. The van der Waals surface area contributed by atoms with Crippen LogP contribution in [0, 0.1) is 11.6 Å². The summed E-state index contributed by atoms with van der Waals surface area (Å²) < 4.78 is 25.8. The van der Waals surface area contributed by atoms with E-state index in [1.165, 1.54) is 18.6 Å². The molecule has 0 saturated carbocycles. The lowest BCUT2D eigenvalue weighted by Crippen LogP contribution is -2.05. The van der Waals surface area contributed by atoms with Gasteiger partial charge in [0.25, 0.3) is 0 Å². The van der Waals surface area contributed by atoms with Crippen LogP contribution in [0.15, 0.2) is 36.8 Å². The molecule has 16 heavy (non-hydrogen) atoms. The monoisotopic (exact) mass is 220 g/mol. The van der Waals surface area contributed by atoms with Gasteiger partial charge >= 0.3 is 0 Å². The van der Waals surface area contributed by atoms with Crippen LogP contribution in [0.1, 0.15) is 16.1 Å². The number of nitrogens with zero attached hydrogens (tertiary/aromatic N) is 2. The normalized spacial score (nSPS) is 10.1. The molecule has 0 amide bonds. The maximum Gasteiger partial charge on any atom is 0.213 e. The maximum atomic E-state index is 12.9. The number of benzene rings is 1. The van der Waals surface area contributed by atoms with Crippen molar-refractivity contribution in [3.8, 4) is 0 Å². The second-order valence-electron chi connectivity index (χ2n) is 3.08. The van der Waals surface area contributed by atoms with Crippen molar-refractivity contribution >= 4 is 5.78 Å². The van der Waals surface area contributed by atoms with Crippen LogP contribution in [0.2, 0.25) is 0 Å². The van der Waals surface area contributed by atoms with Gasteiger partial charge in [0.2, 0.25) is 5.78 Å². The largest absolute Gasteiger partial charge is 0.287 e. The van der Waals surface area contributed by atoms with Gasteiger partial charge in [-0.2, -0.15) is 0 Å². The molecule has 0 N–H and O–H groups in total. The van der Waals surface area contributed by atoms with Crippen LogP contribution in [0.4, 0.5) is 8.78 Å². The van der Waals surface area contributed by atoms with Gasteiger partial charge < -0.3 is 0 Å². The number of ketones is 1. The van der Waals surface area contributed by atoms with Gasteiger partial charge in [-0.25, -0.2) is 13.8 Å². The highest BCUT2D eigenvalue weighted by molar-refractivity contribution is 6.07. The molecular formula is C11H6F2N2O. The second-order valence-corrected chi connectivity index (χ2v) is 3.08. The Morgan fingerprint density at radius 1 is 1.06 bits per heavy atom. The molecule has 0 unspecified atom stereocenters. The van der Waals surface area contributed by atoms with E-state index in [0.717, 1.165) is 12.1 Å². The topological polar surface area (TPSA) is 42.9 Å². The van der Waals surface area contributed by atoms with E-state index >= 15 is 0 Å². The quantitative estimate of drug-likeness (QED) is 0.727. The SMILES string of the molecule is O=C(c1cc(F)cc(F)c1)c1cnccn1. The Bertz CT molecular complexity index is 509. The molecule has 0 fully saturated rings. The number of halogens is 2. The van der Waals surface area contributed by atoms with E-state index in [1.54, 1.807) is 0 Å². The first-order valence-electron chi connectivity index (χ1n) is 4.43. The van der Waals surface area contributed by atoms with Gasteiger partial charge in [0.15, 0.2) is 0 Å². The number of hydrogen-bond acceptors (Lipinski definition) is 3. The van der Waals surface area contributed by atoms with Crippen LogP contribution in [-0.4, -0.2) is 15.8 Å². The van der Waals surface area contributed by atoms with Crippen molar-refractivity contribution in [1.82, 2.24) is 9.97 Å². The first-order chi connectivity index (χ1) is 7.66. The van der Waals surface area contributed by atoms with E-state index in [-0.39, 0.29) is 11.3 Å². The number of carbonyl (C=O) groups is 1. The smallest absolute Gasteiger partial charge is 0.213 e. The molecular weight excluding hydrogens is 214 g/mol. The minimum Gasteiger partial charge on any atom is -0.287 e. The first-order valence-corrected chi connectivity index (χ1v) is 4.43. The molecule has 0 aliphatic heterocycles. The highest BCUT2D eigenvalue weighted by Crippen LogP contribution is 2.11. The van der Waals surface area contributed by atoms with Gasteiger partial charge in [-0.05, 0) is 12.1 Å². The van der Waals surface area contributed by atoms with Crippen molar-refractivity contribution < 1.29 is 13.6 Å². The average molecular weight is 220 g/mol. The van der Waals surface area contributed by atoms with Crippen LogP contribution in [0.5, 0.6) is 0 Å². The maximum absolute atomic E-state index is 12.9. The minimum absolute atomic E-state index is 0.0486. The fourth-order valence-electron chi connectivity index (χ4n) is 1.25. The summed E-state index contributed by atoms with van der Waals surface area (Å²) in [6.07, 6.45) is 3.98. The molecule has 80 valence electrons. The predicted octanol–water partition coefficient (Wildman–Crippen LogP) is 1.99. The highest BCUT2D eigenvalue weighted by Gasteiger charge is 2.12. The molecule has 0 aliphatic carbocycles. The molecule has 3 nitrogen and oxygen atoms in total. The molecule has 0 saturated heterocycles. The lowest BCUT2D eigenvalue weighted by Gasteiger charge is -2.00. The summed E-state index contributed by atoms with van der Waals surface area (Å²) in [5.74, 6) is -2.16. The molecule has 2 rings (SSSR count). The number of aromatic nitrogens is 2. The Labute approximate surface area is 89.8 Å². The van der Waals surface area contributed by atoms with Crippen LogP contribution >= 0.6 is 0 Å². The molecule has 0 atom stereocenters. The highest BCUT2D eigenvalue weighted by atomic mass is 19.1. The summed E-state index contributed by atoms with van der Waals surface area (Å²) in [5, 5.41) is 0. The zero-order valence-electron chi connectivity index (χ0n) is 8.02. The Morgan fingerprint density at radius 2 is 1.75 bits per heavy atom. The van der Waals surface area contributed by atoms with Crippen LogP contribution in [-0.2, 0) is 0 Å². The van der Waals surface area contributed by atoms with E-state index in [2.05, 4.69) is 9.97 Å². The number of carbonyl (C=O) groups excluding carboxylic acids is 1. The van der Waals surface area contributed by atoms with E-state index in [0.29, 0.717) is 6.07 Å². The summed E-state index contributed by atoms with van der Waals surface area (Å²) in [6.45, 7) is 0. The predicted molar refractivity (Wildman–Crippen MR) is 51.8 cm³/mol. The molecule has 1 heterocycles. The van der Waals surface area contributed by atoms with E-state index in [4.69, 9.17) is 0 Å². The Morgan fingerprint density at radius 3 is 2.31 bits per heavy atom. The zero-order chi connectivity index (χ0) is 11.5. The summed E-state index contributed by atoms with van der Waals surface area (Å²) in [5.41, 5.74) is -0.0366. The van der Waals surface area contributed by atoms with Crippen LogP contribution < -0.4 is 0 Å². The van der Waals surface area contributed by atoms with Gasteiger partial charge in [-0.3, -0.25) is 9.78 Å². The van der Waals surface area contributed by atoms with Gasteiger partial charge in [-0.15, -0.1) is 0 Å². The van der Waals surface area contributed by atoms with Crippen molar-refractivity contribution in [2.75, 3.05) is 0 Å². The summed E-state index contributed by atoms with van der Waals surface area (Å²) >= 11 is 0. The lowest BCUT2D eigenvalue weighted by molar-refractivity contribution is 0.103. The average Bonchev–Trinajstić information content (AvgIpc) is 2.28. The van der Waals surface area contributed by atoms with Gasteiger partial charge in [0.05, 0.1) is 6.20 Å². The summed E-state index contributed by atoms with van der Waals surface area (Å²) in [7, 11) is 0. The molecule has 1 aromatic heterocycles. The van der Waals surface area contributed by atoms with Gasteiger partial charge in [-0.1, -0.05) is 0 Å². The van der Waals surface area contributed by atoms with Gasteiger partial charge in [0, 0.05) is 24.0 Å². The van der Waals surface area contributed by atoms with Crippen LogP contribution in [0.25, 0.3) is 0 Å². The van der Waals surface area contributed by atoms with Gasteiger partial charge in [0.1, 0.15) is 17.3 Å². The molecule has 0 aliphatic rings. The van der Waals surface area contributed by atoms with E-state index in [1.807, 2.05) is 0 Å². The fourth-order valence-corrected chi connectivity index (χ4v) is 1.25. The standard InChI is InChI=1S/C11H6F2N2O/c12-8-3-7(4-9(13)5-8)11(16)10-6-14-1-2-15-10/h1-6H. The Kier molecular flexibility index (Phi) is 2.68. The summed E-state index contributed by atoms with van der Waals surface area (Å²) in [6, 6.07) is 2.62. The third-order valence-electron chi connectivity index (χ3n) is 1.92. The molecule has 2 aromatic rings. The Hall–Kier alpha value is -2.17. The second kappa shape index (κ2) is 4.14. The van der Waals surface area contributed by atoms with E-state index in [9.17, 15) is 13.6 Å². The zero-order valence-corrected chi connectivity index (χ0v) is 8.02. The van der Waals surface area contributed by atoms with Crippen molar-refractivity contribution in [2.45, 2.75) is 0 Å². The number of hydrogen-bond donors (Lipinski definition) is 0. The summed E-state index contributed by atoms with van der Waals surface area (Å²) in [4.78, 5) is 19.2. The Balaban J connectivity index is 2.42. The fraction of sp³-hybridized carbons (Fsp3) is 0. The number of rotatable bonds is 2. The molecule has 0 radical (unpaired) electrons. The van der Waals surface area contributed by atoms with E-state index < -0.39 is 17.4 Å². The van der Waals surface area contributed by atoms with Crippen molar-refractivity contribution in [2.24, 2.45) is 0 Å². The molecule has 0 bridgehead atoms. The van der Waals surface area contributed by atoms with Crippen molar-refractivity contribution in [3.63, 3.8) is 0 Å². The first kappa shape index (κ1) is 10.4. The molecule has 1 aromatic carbocycles. The minimum atomic E-state index is -0.799. The molecule has 0 spiro atoms. The van der Waals surface area contributed by atoms with Crippen molar-refractivity contribution in [1.29, 1.82) is 0 Å². The third-order valence-corrected chi connectivity index (χ3v) is 1.92.